The molecule has 5 aliphatic carbocycles. The summed E-state index contributed by atoms with van der Waals surface area (Å²) >= 11 is 0. The third-order valence-corrected chi connectivity index (χ3v) is 5.57. The van der Waals surface area contributed by atoms with Crippen molar-refractivity contribution < 1.29 is 9.90 Å². The molecule has 5 aliphatic rings. The molecular weight excluding hydrogens is 152 g/mol. The normalized spacial score (nSPS) is 65.3. The Labute approximate surface area is 72.0 Å². The number of carboxylic acids is 1. The molecule has 1 N–H and O–H groups in total. The number of hydrogen-bond acceptors (Lipinski definition) is 1. The lowest BCUT2D eigenvalue weighted by Gasteiger charge is -2.80. The van der Waals surface area contributed by atoms with Crippen molar-refractivity contribution in [2.45, 2.75) is 33.1 Å². The van der Waals surface area contributed by atoms with Crippen molar-refractivity contribution in [2.24, 2.45) is 22.2 Å². The third kappa shape index (κ3) is 0.301. The predicted molar refractivity (Wildman–Crippen MR) is 43.6 cm³/mol. The van der Waals surface area contributed by atoms with Gasteiger partial charge in [-0.15, -0.1) is 0 Å². The molecule has 4 bridgehead atoms. The molecule has 0 aromatic carbocycles. The molecule has 0 aliphatic heterocycles. The Balaban J connectivity index is 2.12. The van der Waals surface area contributed by atoms with Crippen molar-refractivity contribution in [1.82, 2.24) is 0 Å². The largest absolute Gasteiger partial charge is 0.481 e. The molecule has 0 radical (unpaired) electrons. The average molecular weight is 166 g/mol. The maximum Gasteiger partial charge on any atom is 0.310 e. The lowest BCUT2D eigenvalue weighted by atomic mass is 9.22. The van der Waals surface area contributed by atoms with E-state index in [1.54, 1.807) is 0 Å². The van der Waals surface area contributed by atoms with E-state index in [0.717, 1.165) is 19.3 Å². The maximum atomic E-state index is 11.1. The van der Waals surface area contributed by atoms with E-state index < -0.39 is 5.97 Å². The van der Waals surface area contributed by atoms with Crippen LogP contribution >= 0.6 is 0 Å². The van der Waals surface area contributed by atoms with E-state index in [-0.39, 0.29) is 10.8 Å². The number of hydrogen-bond donors (Lipinski definition) is 1. The van der Waals surface area contributed by atoms with Gasteiger partial charge < -0.3 is 5.11 Å². The molecule has 0 heterocycles. The molecule has 0 amide bonds. The van der Waals surface area contributed by atoms with Gasteiger partial charge in [0.2, 0.25) is 0 Å². The molecule has 0 saturated heterocycles. The predicted octanol–water partition coefficient (Wildman–Crippen LogP) is 1.90. The monoisotopic (exact) mass is 166 g/mol. The van der Waals surface area contributed by atoms with E-state index in [4.69, 9.17) is 0 Å². The zero-order valence-electron chi connectivity index (χ0n) is 7.55. The summed E-state index contributed by atoms with van der Waals surface area (Å²) in [5.41, 5.74) is 0.254. The van der Waals surface area contributed by atoms with Crippen LogP contribution in [0.5, 0.6) is 0 Å². The Hall–Kier alpha value is -0.530. The fraction of sp³-hybridized carbons (Fsp3) is 0.900. The standard InChI is InChI=1S/C10H14O2/c1-8-5-10(7(11)12)6(8)3-4-9(8,10)2/h6H,3-5H2,1-2H3,(H,11,12). The molecule has 0 aromatic rings. The van der Waals surface area contributed by atoms with Crippen LogP contribution in [-0.2, 0) is 4.79 Å². The molecule has 0 spiro atoms. The number of fused-ring (bicyclic) bond motifs is 1. The second kappa shape index (κ2) is 1.34. The van der Waals surface area contributed by atoms with Gasteiger partial charge in [-0.3, -0.25) is 4.79 Å². The van der Waals surface area contributed by atoms with Crippen molar-refractivity contribution in [3.05, 3.63) is 0 Å². The van der Waals surface area contributed by atoms with Crippen molar-refractivity contribution in [3.8, 4) is 0 Å². The van der Waals surface area contributed by atoms with E-state index in [2.05, 4.69) is 13.8 Å². The molecule has 4 atom stereocenters. The molecule has 5 saturated carbocycles. The van der Waals surface area contributed by atoms with Crippen LogP contribution in [0.3, 0.4) is 0 Å². The van der Waals surface area contributed by atoms with Crippen LogP contribution in [0.25, 0.3) is 0 Å². The SMILES string of the molecule is CC12CC3(C(=O)O)C1CCC23C. The minimum Gasteiger partial charge on any atom is -0.481 e. The molecule has 5 rings (SSSR count). The highest BCUT2D eigenvalue weighted by Crippen LogP contribution is 2.93. The average Bonchev–Trinajstić information content (AvgIpc) is 2.33. The molecular formula is C10H14O2. The van der Waals surface area contributed by atoms with Crippen LogP contribution in [0.1, 0.15) is 33.1 Å². The van der Waals surface area contributed by atoms with Gasteiger partial charge in [-0.1, -0.05) is 13.8 Å². The lowest BCUT2D eigenvalue weighted by molar-refractivity contribution is -0.336. The highest BCUT2D eigenvalue weighted by atomic mass is 16.4. The Morgan fingerprint density at radius 1 is 1.50 bits per heavy atom. The van der Waals surface area contributed by atoms with Crippen molar-refractivity contribution in [3.63, 3.8) is 0 Å². The first kappa shape index (κ1) is 6.93. The minimum absolute atomic E-state index is 0.149. The van der Waals surface area contributed by atoms with E-state index >= 15 is 0 Å². The van der Waals surface area contributed by atoms with Gasteiger partial charge in [-0.2, -0.15) is 0 Å². The summed E-state index contributed by atoms with van der Waals surface area (Å²) in [6, 6.07) is 0. The Morgan fingerprint density at radius 2 is 2.17 bits per heavy atom. The fourth-order valence-electron chi connectivity index (χ4n) is 4.69. The summed E-state index contributed by atoms with van der Waals surface area (Å²) in [4.78, 5) is 11.1. The van der Waals surface area contributed by atoms with E-state index in [1.807, 2.05) is 0 Å². The van der Waals surface area contributed by atoms with Gasteiger partial charge in [0.1, 0.15) is 0 Å². The van der Waals surface area contributed by atoms with Crippen LogP contribution < -0.4 is 0 Å². The van der Waals surface area contributed by atoms with Crippen molar-refractivity contribution in [1.29, 1.82) is 0 Å². The lowest BCUT2D eigenvalue weighted by Crippen LogP contribution is -2.80. The first-order valence-electron chi connectivity index (χ1n) is 4.72. The topological polar surface area (TPSA) is 37.3 Å². The van der Waals surface area contributed by atoms with Gasteiger partial charge in [0.05, 0.1) is 5.41 Å². The Morgan fingerprint density at radius 3 is 2.42 bits per heavy atom. The number of carboxylic acid groups (broad SMARTS) is 1. The van der Waals surface area contributed by atoms with Crippen LogP contribution in [-0.4, -0.2) is 11.1 Å². The van der Waals surface area contributed by atoms with Crippen molar-refractivity contribution >= 4 is 5.97 Å². The van der Waals surface area contributed by atoms with Crippen LogP contribution in [0.4, 0.5) is 0 Å². The van der Waals surface area contributed by atoms with Crippen LogP contribution in [0, 0.1) is 22.2 Å². The summed E-state index contributed by atoms with van der Waals surface area (Å²) in [7, 11) is 0. The smallest absolute Gasteiger partial charge is 0.310 e. The Kier molecular flexibility index (Phi) is 0.774. The first-order chi connectivity index (χ1) is 5.49. The molecule has 12 heavy (non-hydrogen) atoms. The molecule has 5 fully saturated rings. The summed E-state index contributed by atoms with van der Waals surface area (Å²) in [6.45, 7) is 4.45. The van der Waals surface area contributed by atoms with Gasteiger partial charge >= 0.3 is 5.97 Å². The molecule has 2 heteroatoms. The second-order valence-corrected chi connectivity index (χ2v) is 5.29. The first-order valence-corrected chi connectivity index (χ1v) is 4.72. The summed E-state index contributed by atoms with van der Waals surface area (Å²) < 4.78 is 0. The van der Waals surface area contributed by atoms with Gasteiger partial charge in [-0.25, -0.2) is 0 Å². The van der Waals surface area contributed by atoms with Gasteiger partial charge in [0.25, 0.3) is 0 Å². The van der Waals surface area contributed by atoms with Crippen LogP contribution in [0.15, 0.2) is 0 Å². The summed E-state index contributed by atoms with van der Waals surface area (Å²) in [5, 5.41) is 9.19. The zero-order valence-corrected chi connectivity index (χ0v) is 7.55. The van der Waals surface area contributed by atoms with E-state index in [0.29, 0.717) is 11.3 Å². The van der Waals surface area contributed by atoms with Gasteiger partial charge in [-0.05, 0) is 36.0 Å². The van der Waals surface area contributed by atoms with Crippen molar-refractivity contribution in [2.75, 3.05) is 0 Å². The quantitative estimate of drug-likeness (QED) is 0.646. The fourth-order valence-corrected chi connectivity index (χ4v) is 4.69. The van der Waals surface area contributed by atoms with E-state index in [9.17, 15) is 9.90 Å². The molecule has 2 nitrogen and oxygen atoms in total. The van der Waals surface area contributed by atoms with Crippen LogP contribution in [0.2, 0.25) is 0 Å². The number of aliphatic carboxylic acids is 1. The summed E-state index contributed by atoms with van der Waals surface area (Å²) in [6.07, 6.45) is 3.23. The van der Waals surface area contributed by atoms with E-state index in [1.165, 1.54) is 0 Å². The van der Waals surface area contributed by atoms with Gasteiger partial charge in [0, 0.05) is 0 Å². The molecule has 4 unspecified atom stereocenters. The summed E-state index contributed by atoms with van der Waals surface area (Å²) in [5.74, 6) is -0.0243. The Bertz CT molecular complexity index is 298. The maximum absolute atomic E-state index is 11.1. The highest BCUT2D eigenvalue weighted by Gasteiger charge is 2.91. The zero-order chi connectivity index (χ0) is 8.78. The molecule has 0 aromatic heterocycles. The highest BCUT2D eigenvalue weighted by molar-refractivity contribution is 5.83. The molecule has 66 valence electrons. The third-order valence-electron chi connectivity index (χ3n) is 5.57. The number of rotatable bonds is 1. The second-order valence-electron chi connectivity index (χ2n) is 5.29. The minimum atomic E-state index is -0.531. The number of carbonyl (C=O) groups is 1. The van der Waals surface area contributed by atoms with Gasteiger partial charge in [0.15, 0.2) is 0 Å².